The molecule has 1 aliphatic rings. The first-order valence-corrected chi connectivity index (χ1v) is 7.56. The normalized spacial score (nSPS) is 17.5. The monoisotopic (exact) mass is 312 g/mol. The Morgan fingerprint density at radius 3 is 2.88 bits per heavy atom. The van der Waals surface area contributed by atoms with Crippen molar-refractivity contribution >= 4 is 37.5 Å². The minimum Gasteiger partial charge on any atom is -0.474 e. The van der Waals surface area contributed by atoms with Crippen molar-refractivity contribution in [1.82, 2.24) is 9.97 Å². The summed E-state index contributed by atoms with van der Waals surface area (Å²) in [6.07, 6.45) is 8.08. The van der Waals surface area contributed by atoms with Crippen molar-refractivity contribution in [1.29, 1.82) is 0 Å². The van der Waals surface area contributed by atoms with Crippen molar-refractivity contribution in [2.45, 2.75) is 38.2 Å². The lowest BCUT2D eigenvalue weighted by molar-refractivity contribution is 0.151. The van der Waals surface area contributed by atoms with Gasteiger partial charge in [-0.3, -0.25) is 0 Å². The van der Waals surface area contributed by atoms with Gasteiger partial charge in [0.05, 0.1) is 5.39 Å². The Hall–Kier alpha value is -0.680. The van der Waals surface area contributed by atoms with Crippen molar-refractivity contribution in [2.24, 2.45) is 0 Å². The molecule has 0 bridgehead atoms. The summed E-state index contributed by atoms with van der Waals surface area (Å²) in [6, 6.07) is 0. The smallest absolute Gasteiger partial charge is 0.226 e. The van der Waals surface area contributed by atoms with Gasteiger partial charge in [0.15, 0.2) is 0 Å². The maximum Gasteiger partial charge on any atom is 0.226 e. The summed E-state index contributed by atoms with van der Waals surface area (Å²) in [5, 5.41) is 3.05. The third-order valence-electron chi connectivity index (χ3n) is 3.12. The van der Waals surface area contributed by atoms with E-state index in [2.05, 4.69) is 25.9 Å². The number of aromatic nitrogens is 2. The first kappa shape index (κ1) is 11.4. The van der Waals surface area contributed by atoms with E-state index in [0.29, 0.717) is 6.10 Å². The molecule has 1 aliphatic carbocycles. The molecule has 3 nitrogen and oxygen atoms in total. The van der Waals surface area contributed by atoms with E-state index >= 15 is 0 Å². The summed E-state index contributed by atoms with van der Waals surface area (Å²) >= 11 is 5.15. The number of rotatable bonds is 2. The minimum absolute atomic E-state index is 0.327. The highest BCUT2D eigenvalue weighted by Crippen LogP contribution is 2.35. The van der Waals surface area contributed by atoms with Gasteiger partial charge in [-0.15, -0.1) is 11.3 Å². The molecule has 2 aromatic rings. The Balaban J connectivity index is 1.91. The second kappa shape index (κ2) is 4.90. The molecule has 0 saturated heterocycles. The average Bonchev–Trinajstić information content (AvgIpc) is 2.74. The topological polar surface area (TPSA) is 35.0 Å². The molecular weight excluding hydrogens is 300 g/mol. The highest BCUT2D eigenvalue weighted by molar-refractivity contribution is 9.10. The third-order valence-corrected chi connectivity index (χ3v) is 4.94. The van der Waals surface area contributed by atoms with Gasteiger partial charge in [0.25, 0.3) is 0 Å². The van der Waals surface area contributed by atoms with Gasteiger partial charge in [-0.1, -0.05) is 6.42 Å². The molecule has 0 atom stereocenters. The van der Waals surface area contributed by atoms with Crippen LogP contribution in [0.15, 0.2) is 16.2 Å². The molecule has 0 amide bonds. The molecule has 90 valence electrons. The van der Waals surface area contributed by atoms with Crippen LogP contribution in [0.1, 0.15) is 32.1 Å². The molecule has 0 aromatic carbocycles. The fourth-order valence-corrected chi connectivity index (χ4v) is 3.77. The molecule has 5 heteroatoms. The summed E-state index contributed by atoms with van der Waals surface area (Å²) in [6.45, 7) is 0. The maximum atomic E-state index is 6.03. The van der Waals surface area contributed by atoms with Crippen molar-refractivity contribution in [3.63, 3.8) is 0 Å². The lowest BCUT2D eigenvalue weighted by atomic mass is 9.98. The second-order valence-electron chi connectivity index (χ2n) is 4.32. The van der Waals surface area contributed by atoms with E-state index in [1.165, 1.54) is 19.3 Å². The fraction of sp³-hybridized carbons (Fsp3) is 0.500. The number of hydrogen-bond acceptors (Lipinski definition) is 4. The highest BCUT2D eigenvalue weighted by atomic mass is 79.9. The predicted molar refractivity (Wildman–Crippen MR) is 72.6 cm³/mol. The molecule has 0 unspecified atom stereocenters. The molecule has 0 spiro atoms. The van der Waals surface area contributed by atoms with Crippen LogP contribution in [-0.4, -0.2) is 16.1 Å². The van der Waals surface area contributed by atoms with Gasteiger partial charge >= 0.3 is 0 Å². The van der Waals surface area contributed by atoms with E-state index in [0.717, 1.165) is 33.4 Å². The number of thiophene rings is 1. The van der Waals surface area contributed by atoms with Crippen LogP contribution >= 0.6 is 27.3 Å². The van der Waals surface area contributed by atoms with Crippen LogP contribution in [0.3, 0.4) is 0 Å². The van der Waals surface area contributed by atoms with Crippen LogP contribution in [0.4, 0.5) is 0 Å². The van der Waals surface area contributed by atoms with Crippen LogP contribution in [-0.2, 0) is 0 Å². The van der Waals surface area contributed by atoms with Crippen LogP contribution in [0.5, 0.6) is 5.88 Å². The Bertz CT molecular complexity index is 522. The molecule has 0 N–H and O–H groups in total. The van der Waals surface area contributed by atoms with Crippen LogP contribution in [0, 0.1) is 0 Å². The molecule has 2 aromatic heterocycles. The Morgan fingerprint density at radius 2 is 2.06 bits per heavy atom. The van der Waals surface area contributed by atoms with E-state index < -0.39 is 0 Å². The molecule has 17 heavy (non-hydrogen) atoms. The van der Waals surface area contributed by atoms with Crippen molar-refractivity contribution in [2.75, 3.05) is 0 Å². The molecule has 0 radical (unpaired) electrons. The number of fused-ring (bicyclic) bond motifs is 1. The van der Waals surface area contributed by atoms with Crippen molar-refractivity contribution < 1.29 is 4.74 Å². The number of hydrogen-bond donors (Lipinski definition) is 0. The maximum absolute atomic E-state index is 6.03. The highest BCUT2D eigenvalue weighted by Gasteiger charge is 2.18. The van der Waals surface area contributed by atoms with E-state index in [9.17, 15) is 0 Å². The molecular formula is C12H13BrN2OS. The zero-order valence-corrected chi connectivity index (χ0v) is 11.8. The SMILES string of the molecule is Brc1csc2ncnc(OC3CCCCC3)c12. The Labute approximate surface area is 112 Å². The van der Waals surface area contributed by atoms with Gasteiger partial charge in [0, 0.05) is 9.85 Å². The molecule has 1 fully saturated rings. The number of nitrogens with zero attached hydrogens (tertiary/aromatic N) is 2. The number of halogens is 1. The van der Waals surface area contributed by atoms with E-state index in [1.807, 2.05) is 5.38 Å². The van der Waals surface area contributed by atoms with Crippen molar-refractivity contribution in [3.05, 3.63) is 16.2 Å². The van der Waals surface area contributed by atoms with E-state index in [1.54, 1.807) is 17.7 Å². The van der Waals surface area contributed by atoms with Crippen LogP contribution in [0.2, 0.25) is 0 Å². The second-order valence-corrected chi connectivity index (χ2v) is 6.03. The zero-order valence-electron chi connectivity index (χ0n) is 9.36. The van der Waals surface area contributed by atoms with Gasteiger partial charge in [-0.2, -0.15) is 0 Å². The molecule has 3 rings (SSSR count). The first-order valence-electron chi connectivity index (χ1n) is 5.89. The fourth-order valence-electron chi connectivity index (χ4n) is 2.24. The Morgan fingerprint density at radius 1 is 1.24 bits per heavy atom. The lowest BCUT2D eigenvalue weighted by Crippen LogP contribution is -2.20. The average molecular weight is 313 g/mol. The van der Waals surface area contributed by atoms with Gasteiger partial charge in [-0.05, 0) is 41.6 Å². The van der Waals surface area contributed by atoms with E-state index in [-0.39, 0.29) is 0 Å². The lowest BCUT2D eigenvalue weighted by Gasteiger charge is -2.22. The minimum atomic E-state index is 0.327. The van der Waals surface area contributed by atoms with Crippen LogP contribution in [0.25, 0.3) is 10.2 Å². The van der Waals surface area contributed by atoms with Gasteiger partial charge < -0.3 is 4.74 Å². The van der Waals surface area contributed by atoms with Gasteiger partial charge in [0.2, 0.25) is 5.88 Å². The zero-order chi connectivity index (χ0) is 11.7. The standard InChI is InChI=1S/C12H13BrN2OS/c13-9-6-17-12-10(9)11(14-7-15-12)16-8-4-2-1-3-5-8/h6-8H,1-5H2. The molecule has 2 heterocycles. The summed E-state index contributed by atoms with van der Waals surface area (Å²) in [5.41, 5.74) is 0. The third kappa shape index (κ3) is 2.31. The van der Waals surface area contributed by atoms with Gasteiger partial charge in [-0.25, -0.2) is 9.97 Å². The number of ether oxygens (including phenoxy) is 1. The predicted octanol–water partition coefficient (Wildman–Crippen LogP) is 4.17. The molecule has 0 aliphatic heterocycles. The van der Waals surface area contributed by atoms with Gasteiger partial charge in [0.1, 0.15) is 17.3 Å². The molecule has 1 saturated carbocycles. The summed E-state index contributed by atoms with van der Waals surface area (Å²) in [7, 11) is 0. The quantitative estimate of drug-likeness (QED) is 0.835. The van der Waals surface area contributed by atoms with Crippen LogP contribution < -0.4 is 4.74 Å². The van der Waals surface area contributed by atoms with E-state index in [4.69, 9.17) is 4.74 Å². The largest absolute Gasteiger partial charge is 0.474 e. The summed E-state index contributed by atoms with van der Waals surface area (Å²) in [5.74, 6) is 0.732. The summed E-state index contributed by atoms with van der Waals surface area (Å²) < 4.78 is 7.06. The summed E-state index contributed by atoms with van der Waals surface area (Å²) in [4.78, 5) is 9.51. The Kier molecular flexibility index (Phi) is 3.29. The van der Waals surface area contributed by atoms with Crippen molar-refractivity contribution in [3.8, 4) is 5.88 Å². The first-order chi connectivity index (χ1) is 8.34.